The van der Waals surface area contributed by atoms with Crippen molar-refractivity contribution in [3.05, 3.63) is 58.0 Å². The maximum atomic E-state index is 13.1. The first kappa shape index (κ1) is 19.8. The molecule has 1 aliphatic carbocycles. The molecule has 30 heavy (non-hydrogen) atoms. The van der Waals surface area contributed by atoms with Gasteiger partial charge in [-0.2, -0.15) is 0 Å². The lowest BCUT2D eigenvalue weighted by Gasteiger charge is -2.27. The molecule has 0 radical (unpaired) electrons. The van der Waals surface area contributed by atoms with E-state index in [1.165, 1.54) is 6.07 Å². The molecule has 2 aliphatic rings. The molecule has 8 heteroatoms. The van der Waals surface area contributed by atoms with Gasteiger partial charge in [-0.3, -0.25) is 28.9 Å². The fourth-order valence-corrected chi connectivity index (χ4v) is 3.88. The van der Waals surface area contributed by atoms with Crippen LogP contribution in [0.1, 0.15) is 67.4 Å². The number of nitrogens with one attached hydrogen (secondary N) is 1. The van der Waals surface area contributed by atoms with E-state index in [1.54, 1.807) is 25.1 Å². The van der Waals surface area contributed by atoms with E-state index in [0.29, 0.717) is 11.3 Å². The number of imide groups is 1. The fourth-order valence-electron chi connectivity index (χ4n) is 3.88. The molecule has 3 amide bonds. The van der Waals surface area contributed by atoms with E-state index >= 15 is 0 Å². The fraction of sp³-hybridized carbons (Fsp3) is 0.318. The van der Waals surface area contributed by atoms with Gasteiger partial charge in [0.1, 0.15) is 11.5 Å². The summed E-state index contributed by atoms with van der Waals surface area (Å²) in [5.41, 5.74) is 1.70. The lowest BCUT2D eigenvalue weighted by atomic mass is 9.92. The molecule has 4 rings (SSSR count). The Kier molecular flexibility index (Phi) is 4.85. The van der Waals surface area contributed by atoms with Crippen LogP contribution in [0.4, 0.5) is 0 Å². The number of hydrogen-bond acceptors (Lipinski definition) is 6. The van der Waals surface area contributed by atoms with Gasteiger partial charge in [0, 0.05) is 13.0 Å². The number of furan rings is 1. The summed E-state index contributed by atoms with van der Waals surface area (Å²) in [7, 11) is 0. The van der Waals surface area contributed by atoms with Gasteiger partial charge in [0.2, 0.25) is 0 Å². The van der Waals surface area contributed by atoms with Gasteiger partial charge in [0.05, 0.1) is 23.6 Å². The van der Waals surface area contributed by atoms with Gasteiger partial charge < -0.3 is 9.73 Å². The third kappa shape index (κ3) is 3.24. The number of benzene rings is 1. The average molecular weight is 408 g/mol. The minimum Gasteiger partial charge on any atom is -0.456 e. The van der Waals surface area contributed by atoms with Gasteiger partial charge >= 0.3 is 0 Å². The van der Waals surface area contributed by atoms with Gasteiger partial charge in [0.25, 0.3) is 17.7 Å². The van der Waals surface area contributed by atoms with E-state index < -0.39 is 29.5 Å². The number of Topliss-reactive ketones (excluding diaryl/α,β-unsaturated/α-hetero) is 2. The number of amides is 3. The van der Waals surface area contributed by atoms with E-state index in [4.69, 9.17) is 4.42 Å². The average Bonchev–Trinajstić information content (AvgIpc) is 3.17. The Morgan fingerprint density at radius 1 is 1.17 bits per heavy atom. The summed E-state index contributed by atoms with van der Waals surface area (Å²) in [5.74, 6) is -1.34. The Balaban J connectivity index is 1.56. The highest BCUT2D eigenvalue weighted by atomic mass is 16.3. The topological polar surface area (TPSA) is 114 Å². The first-order valence-electron chi connectivity index (χ1n) is 9.67. The molecule has 1 aromatic heterocycles. The van der Waals surface area contributed by atoms with Gasteiger partial charge in [-0.05, 0) is 43.5 Å². The SMILES string of the molecule is Cc1cc(C(=O)NCc2cccc3c2C(=O)N(C2CCC(=O)CC2=O)C3=O)oc1C. The Labute approximate surface area is 172 Å². The monoisotopic (exact) mass is 408 g/mol. The maximum absolute atomic E-state index is 13.1. The minimum atomic E-state index is -0.924. The molecule has 1 fully saturated rings. The van der Waals surface area contributed by atoms with Crippen LogP contribution in [0.5, 0.6) is 0 Å². The lowest BCUT2D eigenvalue weighted by Crippen LogP contribution is -2.47. The zero-order chi connectivity index (χ0) is 21.6. The second-order valence-corrected chi connectivity index (χ2v) is 7.59. The summed E-state index contributed by atoms with van der Waals surface area (Å²) >= 11 is 0. The van der Waals surface area contributed by atoms with Gasteiger partial charge in [-0.15, -0.1) is 0 Å². The Morgan fingerprint density at radius 3 is 2.60 bits per heavy atom. The van der Waals surface area contributed by atoms with Crippen molar-refractivity contribution in [3.63, 3.8) is 0 Å². The molecule has 1 N–H and O–H groups in total. The quantitative estimate of drug-likeness (QED) is 0.612. The van der Waals surface area contributed by atoms with E-state index in [9.17, 15) is 24.0 Å². The van der Waals surface area contributed by atoms with Crippen LogP contribution in [-0.4, -0.2) is 40.2 Å². The highest BCUT2D eigenvalue weighted by molar-refractivity contribution is 6.24. The van der Waals surface area contributed by atoms with Crippen molar-refractivity contribution in [2.24, 2.45) is 0 Å². The van der Waals surface area contributed by atoms with Crippen molar-refractivity contribution in [3.8, 4) is 0 Å². The molecule has 1 saturated carbocycles. The van der Waals surface area contributed by atoms with E-state index in [1.807, 2.05) is 6.92 Å². The second kappa shape index (κ2) is 7.37. The Hall–Kier alpha value is -3.55. The van der Waals surface area contributed by atoms with Crippen LogP contribution in [0.25, 0.3) is 0 Å². The van der Waals surface area contributed by atoms with Crippen molar-refractivity contribution in [1.82, 2.24) is 10.2 Å². The summed E-state index contributed by atoms with van der Waals surface area (Å²) < 4.78 is 5.41. The molecule has 1 unspecified atom stereocenters. The van der Waals surface area contributed by atoms with Crippen molar-refractivity contribution < 1.29 is 28.4 Å². The summed E-state index contributed by atoms with van der Waals surface area (Å²) in [6.45, 7) is 3.61. The van der Waals surface area contributed by atoms with Crippen LogP contribution in [0.15, 0.2) is 28.7 Å². The molecule has 1 atom stereocenters. The molecule has 2 aromatic rings. The predicted octanol–water partition coefficient (Wildman–Crippen LogP) is 2.11. The van der Waals surface area contributed by atoms with Gasteiger partial charge in [-0.25, -0.2) is 0 Å². The zero-order valence-electron chi connectivity index (χ0n) is 16.6. The van der Waals surface area contributed by atoms with Crippen LogP contribution < -0.4 is 5.32 Å². The number of nitrogens with zero attached hydrogens (tertiary/aromatic N) is 1. The van der Waals surface area contributed by atoms with E-state index in [0.717, 1.165) is 10.5 Å². The first-order chi connectivity index (χ1) is 14.3. The molecule has 8 nitrogen and oxygen atoms in total. The van der Waals surface area contributed by atoms with Gasteiger partial charge in [-0.1, -0.05) is 12.1 Å². The maximum Gasteiger partial charge on any atom is 0.287 e. The number of rotatable bonds is 4. The highest BCUT2D eigenvalue weighted by Crippen LogP contribution is 2.31. The molecule has 0 bridgehead atoms. The molecule has 0 spiro atoms. The van der Waals surface area contributed by atoms with Crippen molar-refractivity contribution in [2.75, 3.05) is 0 Å². The number of carbonyl (C=O) groups is 5. The van der Waals surface area contributed by atoms with Crippen LogP contribution in [0.2, 0.25) is 0 Å². The summed E-state index contributed by atoms with van der Waals surface area (Å²) in [4.78, 5) is 63.0. The summed E-state index contributed by atoms with van der Waals surface area (Å²) in [6.07, 6.45) is 0.0457. The molecule has 0 saturated heterocycles. The summed E-state index contributed by atoms with van der Waals surface area (Å²) in [6, 6.07) is 5.51. The second-order valence-electron chi connectivity index (χ2n) is 7.59. The van der Waals surface area contributed by atoms with Crippen LogP contribution >= 0.6 is 0 Å². The van der Waals surface area contributed by atoms with Gasteiger partial charge in [0.15, 0.2) is 11.5 Å². The Bertz CT molecular complexity index is 1090. The summed E-state index contributed by atoms with van der Waals surface area (Å²) in [5, 5.41) is 2.70. The third-order valence-corrected chi connectivity index (χ3v) is 5.61. The number of aryl methyl sites for hydroxylation is 2. The largest absolute Gasteiger partial charge is 0.456 e. The predicted molar refractivity (Wildman–Crippen MR) is 104 cm³/mol. The Morgan fingerprint density at radius 2 is 1.93 bits per heavy atom. The number of hydrogen-bond donors (Lipinski definition) is 1. The van der Waals surface area contributed by atoms with E-state index in [-0.39, 0.29) is 48.5 Å². The lowest BCUT2D eigenvalue weighted by molar-refractivity contribution is -0.132. The molecular weight excluding hydrogens is 388 g/mol. The third-order valence-electron chi connectivity index (χ3n) is 5.61. The van der Waals surface area contributed by atoms with Crippen LogP contribution in [-0.2, 0) is 16.1 Å². The molecular formula is C22H20N2O6. The number of carbonyl (C=O) groups excluding carboxylic acids is 5. The smallest absolute Gasteiger partial charge is 0.287 e. The molecule has 154 valence electrons. The zero-order valence-corrected chi connectivity index (χ0v) is 16.6. The highest BCUT2D eigenvalue weighted by Gasteiger charge is 2.45. The van der Waals surface area contributed by atoms with Crippen LogP contribution in [0.3, 0.4) is 0 Å². The van der Waals surface area contributed by atoms with Crippen molar-refractivity contribution in [1.29, 1.82) is 0 Å². The standard InChI is InChI=1S/C22H20N2O6/c1-11-8-18(30-12(11)2)20(27)23-10-13-4-3-5-15-19(13)22(29)24(21(15)28)16-7-6-14(25)9-17(16)26/h3-5,8,16H,6-7,9-10H2,1-2H3,(H,23,27). The number of fused-ring (bicyclic) bond motifs is 1. The minimum absolute atomic E-state index is 0.0186. The van der Waals surface area contributed by atoms with Crippen LogP contribution in [0, 0.1) is 13.8 Å². The molecule has 2 heterocycles. The molecule has 1 aromatic carbocycles. The van der Waals surface area contributed by atoms with Crippen molar-refractivity contribution in [2.45, 2.75) is 45.7 Å². The normalized spacial score (nSPS) is 18.7. The number of ketones is 2. The van der Waals surface area contributed by atoms with E-state index in [2.05, 4.69) is 5.32 Å². The molecule has 1 aliphatic heterocycles. The van der Waals surface area contributed by atoms with Crippen molar-refractivity contribution >= 4 is 29.3 Å². The first-order valence-corrected chi connectivity index (χ1v) is 9.67.